The molecule has 0 heterocycles. The molecule has 0 aromatic carbocycles. The molecule has 0 aromatic rings. The Bertz CT molecular complexity index is 644. The van der Waals surface area contributed by atoms with Crippen molar-refractivity contribution < 1.29 is 20.1 Å². The van der Waals surface area contributed by atoms with Gasteiger partial charge < -0.3 is 20.6 Å². The molecule has 3 atom stereocenters. The number of allylic oxidation sites excluding steroid dienone is 9. The minimum absolute atomic E-state index is 0.0487. The normalized spacial score (nSPS) is 16.2. The number of hydrogen-bond acceptors (Lipinski definition) is 4. The third kappa shape index (κ3) is 18.1. The molecule has 1 unspecified atom stereocenters. The topological polar surface area (TPSA) is 89.8 Å². The van der Waals surface area contributed by atoms with E-state index in [-0.39, 0.29) is 17.7 Å². The summed E-state index contributed by atoms with van der Waals surface area (Å²) in [5.74, 6) is -0.130. The van der Waals surface area contributed by atoms with Crippen LogP contribution in [-0.4, -0.2) is 39.5 Å². The van der Waals surface area contributed by atoms with Crippen molar-refractivity contribution in [3.05, 3.63) is 72.6 Å². The summed E-state index contributed by atoms with van der Waals surface area (Å²) in [6.07, 6.45) is 23.2. The van der Waals surface area contributed by atoms with Crippen molar-refractivity contribution in [3.63, 3.8) is 0 Å². The summed E-state index contributed by atoms with van der Waals surface area (Å²) >= 11 is 0. The van der Waals surface area contributed by atoms with Crippen LogP contribution in [0.2, 0.25) is 0 Å². The number of nitrogens with one attached hydrogen (secondary N) is 1. The Labute approximate surface area is 188 Å². The molecule has 0 aliphatic heterocycles. The zero-order valence-electron chi connectivity index (χ0n) is 19.3. The second-order valence-corrected chi connectivity index (χ2v) is 7.40. The fraction of sp³-hybridized carbons (Fsp3) is 0.500. The van der Waals surface area contributed by atoms with Gasteiger partial charge >= 0.3 is 0 Å². The van der Waals surface area contributed by atoms with Gasteiger partial charge in [-0.1, -0.05) is 74.6 Å². The highest BCUT2D eigenvalue weighted by atomic mass is 16.3. The number of carbonyl (C=O) groups is 1. The van der Waals surface area contributed by atoms with Crippen LogP contribution in [0.25, 0.3) is 0 Å². The minimum atomic E-state index is -0.921. The SMILES string of the molecule is CC/C=C\C[C@H](O)/C=C/C=C\C=C\C=C\CC[C@@H](O)/C(O)=C/CCC(=O)NC(C)CC. The van der Waals surface area contributed by atoms with Crippen LogP contribution in [0.4, 0.5) is 0 Å². The van der Waals surface area contributed by atoms with Crippen LogP contribution in [0.3, 0.4) is 0 Å². The summed E-state index contributed by atoms with van der Waals surface area (Å²) < 4.78 is 0. The molecule has 0 saturated carbocycles. The van der Waals surface area contributed by atoms with Crippen molar-refractivity contribution >= 4 is 5.91 Å². The third-order valence-corrected chi connectivity index (χ3v) is 4.50. The fourth-order valence-corrected chi connectivity index (χ4v) is 2.44. The van der Waals surface area contributed by atoms with Gasteiger partial charge in [-0.05, 0) is 51.5 Å². The second kappa shape index (κ2) is 19.6. The van der Waals surface area contributed by atoms with E-state index in [4.69, 9.17) is 0 Å². The van der Waals surface area contributed by atoms with Crippen LogP contribution >= 0.6 is 0 Å². The average Bonchev–Trinajstić information content (AvgIpc) is 2.74. The molecule has 0 saturated heterocycles. The quantitative estimate of drug-likeness (QED) is 0.153. The van der Waals surface area contributed by atoms with Gasteiger partial charge in [-0.3, -0.25) is 4.79 Å². The smallest absolute Gasteiger partial charge is 0.220 e. The molecule has 0 rings (SSSR count). The Morgan fingerprint density at radius 1 is 0.935 bits per heavy atom. The van der Waals surface area contributed by atoms with Gasteiger partial charge in [0.25, 0.3) is 0 Å². The molecular weight excluding hydrogens is 390 g/mol. The molecule has 0 aliphatic rings. The van der Waals surface area contributed by atoms with E-state index in [2.05, 4.69) is 12.2 Å². The van der Waals surface area contributed by atoms with E-state index in [9.17, 15) is 20.1 Å². The molecule has 0 fully saturated rings. The summed E-state index contributed by atoms with van der Waals surface area (Å²) in [5, 5.41) is 32.4. The molecule has 0 aliphatic carbocycles. The van der Waals surface area contributed by atoms with Crippen LogP contribution in [0.5, 0.6) is 0 Å². The predicted octanol–water partition coefficient (Wildman–Crippen LogP) is 5.21. The molecule has 0 spiro atoms. The number of aliphatic hydroxyl groups is 3. The van der Waals surface area contributed by atoms with E-state index < -0.39 is 12.2 Å². The monoisotopic (exact) mass is 431 g/mol. The number of hydrogen-bond donors (Lipinski definition) is 4. The van der Waals surface area contributed by atoms with E-state index >= 15 is 0 Å². The van der Waals surface area contributed by atoms with Gasteiger partial charge in [0, 0.05) is 12.5 Å². The predicted molar refractivity (Wildman–Crippen MR) is 130 cm³/mol. The third-order valence-electron chi connectivity index (χ3n) is 4.50. The molecule has 0 bridgehead atoms. The van der Waals surface area contributed by atoms with Crippen molar-refractivity contribution in [1.29, 1.82) is 0 Å². The largest absolute Gasteiger partial charge is 0.510 e. The van der Waals surface area contributed by atoms with Gasteiger partial charge in [0.15, 0.2) is 0 Å². The van der Waals surface area contributed by atoms with Gasteiger partial charge in [0.1, 0.15) is 11.9 Å². The summed E-state index contributed by atoms with van der Waals surface area (Å²) in [6, 6.07) is 0.148. The molecular formula is C26H41NO4. The van der Waals surface area contributed by atoms with Crippen molar-refractivity contribution in [2.24, 2.45) is 0 Å². The number of aliphatic hydroxyl groups excluding tert-OH is 3. The van der Waals surface area contributed by atoms with Gasteiger partial charge in [0.05, 0.1) is 6.10 Å². The first-order valence-electron chi connectivity index (χ1n) is 11.3. The van der Waals surface area contributed by atoms with Crippen LogP contribution in [0.15, 0.2) is 72.6 Å². The Morgan fingerprint density at radius 3 is 2.29 bits per heavy atom. The number of amides is 1. The van der Waals surface area contributed by atoms with E-state index in [0.29, 0.717) is 32.1 Å². The zero-order chi connectivity index (χ0) is 23.3. The van der Waals surface area contributed by atoms with E-state index in [1.54, 1.807) is 6.08 Å². The molecule has 174 valence electrons. The summed E-state index contributed by atoms with van der Waals surface area (Å²) in [6.45, 7) is 6.02. The van der Waals surface area contributed by atoms with Crippen molar-refractivity contribution in [2.45, 2.75) is 84.0 Å². The minimum Gasteiger partial charge on any atom is -0.510 e. The van der Waals surface area contributed by atoms with Crippen LogP contribution in [-0.2, 0) is 4.79 Å². The highest BCUT2D eigenvalue weighted by molar-refractivity contribution is 5.76. The summed E-state index contributed by atoms with van der Waals surface area (Å²) in [4.78, 5) is 11.7. The Hall–Kier alpha value is -2.37. The summed E-state index contributed by atoms with van der Waals surface area (Å²) in [5.41, 5.74) is 0. The van der Waals surface area contributed by atoms with Gasteiger partial charge in [-0.2, -0.15) is 0 Å². The lowest BCUT2D eigenvalue weighted by Gasteiger charge is -2.11. The fourth-order valence-electron chi connectivity index (χ4n) is 2.44. The Morgan fingerprint density at radius 2 is 1.61 bits per heavy atom. The Balaban J connectivity index is 4.04. The maximum Gasteiger partial charge on any atom is 0.220 e. The van der Waals surface area contributed by atoms with Crippen LogP contribution in [0.1, 0.15) is 65.7 Å². The highest BCUT2D eigenvalue weighted by Gasteiger charge is 2.09. The lowest BCUT2D eigenvalue weighted by atomic mass is 10.1. The standard InChI is InChI=1S/C26H41NO4/c1-4-6-13-17-23(28)18-14-11-9-7-8-10-12-15-19-24(29)25(30)20-16-21-26(31)27-22(3)5-2/h6-14,18,20,22-24,28-30H,4-5,15-17,19,21H2,1-3H3,(H,27,31)/b8-7+,11-9-,12-10+,13-6-,18-14+,25-20-/t22?,23-,24+/m0/s1. The molecule has 5 nitrogen and oxygen atoms in total. The van der Waals surface area contributed by atoms with Gasteiger partial charge in [0.2, 0.25) is 5.91 Å². The summed E-state index contributed by atoms with van der Waals surface area (Å²) in [7, 11) is 0. The van der Waals surface area contributed by atoms with E-state index in [1.807, 2.05) is 68.5 Å². The molecule has 1 amide bonds. The van der Waals surface area contributed by atoms with Crippen LogP contribution < -0.4 is 5.32 Å². The molecule has 31 heavy (non-hydrogen) atoms. The van der Waals surface area contributed by atoms with Crippen molar-refractivity contribution in [2.75, 3.05) is 0 Å². The molecule has 4 N–H and O–H groups in total. The first-order chi connectivity index (χ1) is 14.9. The van der Waals surface area contributed by atoms with Crippen LogP contribution in [0, 0.1) is 0 Å². The first-order valence-corrected chi connectivity index (χ1v) is 11.3. The second-order valence-electron chi connectivity index (χ2n) is 7.40. The maximum absolute atomic E-state index is 11.7. The molecule has 0 radical (unpaired) electrons. The van der Waals surface area contributed by atoms with Crippen molar-refractivity contribution in [1.82, 2.24) is 5.32 Å². The van der Waals surface area contributed by atoms with E-state index in [1.165, 1.54) is 6.08 Å². The molecule has 5 heteroatoms. The molecule has 0 aromatic heterocycles. The lowest BCUT2D eigenvalue weighted by Crippen LogP contribution is -2.31. The first kappa shape index (κ1) is 28.6. The van der Waals surface area contributed by atoms with Gasteiger partial charge in [-0.25, -0.2) is 0 Å². The zero-order valence-corrected chi connectivity index (χ0v) is 19.3. The number of carbonyl (C=O) groups excluding carboxylic acids is 1. The maximum atomic E-state index is 11.7. The van der Waals surface area contributed by atoms with Crippen molar-refractivity contribution in [3.8, 4) is 0 Å². The lowest BCUT2D eigenvalue weighted by molar-refractivity contribution is -0.121. The van der Waals surface area contributed by atoms with E-state index in [0.717, 1.165) is 12.8 Å². The van der Waals surface area contributed by atoms with Gasteiger partial charge in [-0.15, -0.1) is 0 Å². The average molecular weight is 432 g/mol. The Kier molecular flexibility index (Phi) is 18.1. The number of rotatable bonds is 16. The highest BCUT2D eigenvalue weighted by Crippen LogP contribution is 2.08.